The molecule has 2 atom stereocenters. The molecule has 1 aromatic carbocycles. The zero-order valence-corrected chi connectivity index (χ0v) is 17.7. The Balaban J connectivity index is 1.61. The van der Waals surface area contributed by atoms with Crippen molar-refractivity contribution in [1.29, 1.82) is 0 Å². The number of nitrogens with zero attached hydrogens (tertiary/aromatic N) is 2. The molecular weight excluding hydrogens is 484 g/mol. The van der Waals surface area contributed by atoms with Crippen molar-refractivity contribution in [1.82, 2.24) is 5.01 Å². The van der Waals surface area contributed by atoms with Gasteiger partial charge in [0, 0.05) is 16.5 Å². The van der Waals surface area contributed by atoms with Crippen LogP contribution in [0.25, 0.3) is 0 Å². The summed E-state index contributed by atoms with van der Waals surface area (Å²) in [6.07, 6.45) is 0.723. The molecule has 2 aliphatic rings. The summed E-state index contributed by atoms with van der Waals surface area (Å²) < 4.78 is 8.53. The molecule has 4 heterocycles. The lowest BCUT2D eigenvalue weighted by Crippen LogP contribution is -2.33. The minimum atomic E-state index is -0.167. The minimum absolute atomic E-state index is 0.167. The summed E-state index contributed by atoms with van der Waals surface area (Å²) in [5.74, 6) is 0.951. The van der Waals surface area contributed by atoms with Gasteiger partial charge in [-0.25, -0.2) is 5.01 Å². The van der Waals surface area contributed by atoms with Gasteiger partial charge in [0.1, 0.15) is 5.75 Å². The Bertz CT molecular complexity index is 967. The van der Waals surface area contributed by atoms with Gasteiger partial charge in [-0.3, -0.25) is 0 Å². The van der Waals surface area contributed by atoms with Crippen LogP contribution >= 0.6 is 54.5 Å². The molecule has 25 heavy (non-hydrogen) atoms. The second-order valence-corrected chi connectivity index (χ2v) is 10.3. The van der Waals surface area contributed by atoms with Crippen molar-refractivity contribution in [3.63, 3.8) is 0 Å². The highest BCUT2D eigenvalue weighted by Gasteiger charge is 2.41. The van der Waals surface area contributed by atoms with E-state index in [0.29, 0.717) is 0 Å². The van der Waals surface area contributed by atoms with Crippen LogP contribution in [0.15, 0.2) is 61.2 Å². The molecule has 2 aromatic heterocycles. The highest BCUT2D eigenvalue weighted by Crippen LogP contribution is 2.49. The Labute approximate surface area is 170 Å². The Hall–Kier alpha value is -1.15. The Morgan fingerprint density at radius 3 is 2.84 bits per heavy atom. The van der Waals surface area contributed by atoms with E-state index in [1.807, 2.05) is 6.07 Å². The van der Waals surface area contributed by atoms with E-state index < -0.39 is 0 Å². The first-order valence-electron chi connectivity index (χ1n) is 7.80. The lowest BCUT2D eigenvalue weighted by atomic mass is 9.98. The summed E-state index contributed by atoms with van der Waals surface area (Å²) in [7, 11) is 0. The molecule has 3 aromatic rings. The average molecular weight is 496 g/mol. The molecule has 0 amide bonds. The van der Waals surface area contributed by atoms with Gasteiger partial charge in [-0.15, -0.1) is 22.7 Å². The highest BCUT2D eigenvalue weighted by atomic mass is 79.9. The molecular formula is C18H12Br2N2OS2. The van der Waals surface area contributed by atoms with E-state index in [1.54, 1.807) is 22.7 Å². The number of ether oxygens (including phenoxy) is 1. The Morgan fingerprint density at radius 1 is 1.16 bits per heavy atom. The fourth-order valence-corrected chi connectivity index (χ4v) is 5.80. The van der Waals surface area contributed by atoms with Gasteiger partial charge in [-0.1, -0.05) is 22.0 Å². The van der Waals surface area contributed by atoms with E-state index in [-0.39, 0.29) is 12.3 Å². The first kappa shape index (κ1) is 16.1. The molecule has 0 saturated carbocycles. The van der Waals surface area contributed by atoms with Gasteiger partial charge >= 0.3 is 0 Å². The molecule has 5 rings (SSSR count). The Kier molecular flexibility index (Phi) is 4.00. The molecule has 0 N–H and O–H groups in total. The summed E-state index contributed by atoms with van der Waals surface area (Å²) in [5, 5.41) is 9.18. The smallest absolute Gasteiger partial charge is 0.222 e. The molecule has 0 saturated heterocycles. The molecule has 0 spiro atoms. The van der Waals surface area contributed by atoms with Crippen molar-refractivity contribution < 1.29 is 4.74 Å². The highest BCUT2D eigenvalue weighted by molar-refractivity contribution is 9.11. The van der Waals surface area contributed by atoms with E-state index in [2.05, 4.69) is 78.6 Å². The first-order chi connectivity index (χ1) is 12.2. The topological polar surface area (TPSA) is 24.8 Å². The maximum atomic E-state index is 6.34. The van der Waals surface area contributed by atoms with E-state index in [0.717, 1.165) is 26.1 Å². The van der Waals surface area contributed by atoms with Gasteiger partial charge in [-0.05, 0) is 57.7 Å². The lowest BCUT2D eigenvalue weighted by Gasteiger charge is -2.37. The lowest BCUT2D eigenvalue weighted by molar-refractivity contribution is -0.0166. The van der Waals surface area contributed by atoms with E-state index in [4.69, 9.17) is 9.84 Å². The monoisotopic (exact) mass is 494 g/mol. The number of benzene rings is 1. The zero-order chi connectivity index (χ0) is 17.0. The summed E-state index contributed by atoms with van der Waals surface area (Å²) in [4.78, 5) is 2.39. The van der Waals surface area contributed by atoms with Crippen molar-refractivity contribution in [2.75, 3.05) is 0 Å². The predicted molar refractivity (Wildman–Crippen MR) is 110 cm³/mol. The second-order valence-electron chi connectivity index (χ2n) is 5.92. The normalized spacial score (nSPS) is 21.5. The fourth-order valence-electron chi connectivity index (χ4n) is 3.30. The standard InChI is InChI=1S/C18H12Br2N2OS2/c19-10-3-4-14-11(8-10)13-9-12(15-5-6-17(20)25-15)21-22(13)18(23-14)16-2-1-7-24-16/h1-8,13,18H,9H2. The van der Waals surface area contributed by atoms with Gasteiger partial charge in [-0.2, -0.15) is 5.10 Å². The molecule has 0 fully saturated rings. The fraction of sp³-hybridized carbons (Fsp3) is 0.167. The van der Waals surface area contributed by atoms with Crippen molar-refractivity contribution in [2.45, 2.75) is 18.7 Å². The summed E-state index contributed by atoms with van der Waals surface area (Å²) in [6.45, 7) is 0. The molecule has 3 nitrogen and oxygen atoms in total. The second kappa shape index (κ2) is 6.23. The van der Waals surface area contributed by atoms with Crippen LogP contribution in [0.5, 0.6) is 5.75 Å². The van der Waals surface area contributed by atoms with E-state index >= 15 is 0 Å². The predicted octanol–water partition coefficient (Wildman–Crippen LogP) is 6.58. The van der Waals surface area contributed by atoms with Crippen LogP contribution in [-0.4, -0.2) is 10.7 Å². The zero-order valence-electron chi connectivity index (χ0n) is 12.9. The molecule has 2 unspecified atom stereocenters. The Morgan fingerprint density at radius 2 is 2.08 bits per heavy atom. The van der Waals surface area contributed by atoms with Crippen LogP contribution in [-0.2, 0) is 0 Å². The van der Waals surface area contributed by atoms with Crippen molar-refractivity contribution in [3.05, 3.63) is 71.4 Å². The molecule has 0 aliphatic carbocycles. The largest absolute Gasteiger partial charge is 0.464 e. The minimum Gasteiger partial charge on any atom is -0.464 e. The van der Waals surface area contributed by atoms with E-state index in [9.17, 15) is 0 Å². The van der Waals surface area contributed by atoms with Crippen LogP contribution in [0.2, 0.25) is 0 Å². The summed E-state index contributed by atoms with van der Waals surface area (Å²) in [6, 6.07) is 14.8. The van der Waals surface area contributed by atoms with Crippen LogP contribution in [0, 0.1) is 0 Å². The third-order valence-electron chi connectivity index (χ3n) is 4.40. The van der Waals surface area contributed by atoms with Crippen molar-refractivity contribution >= 4 is 60.2 Å². The maximum absolute atomic E-state index is 6.34. The number of fused-ring (bicyclic) bond motifs is 3. The average Bonchev–Trinajstić information content (AvgIpc) is 3.34. The SMILES string of the molecule is Brc1ccc2c(c1)C1CC(c3ccc(Br)s3)=NN1C(c1cccs1)O2. The number of hydrazone groups is 1. The molecule has 126 valence electrons. The van der Waals surface area contributed by atoms with Crippen LogP contribution < -0.4 is 4.74 Å². The van der Waals surface area contributed by atoms with Gasteiger partial charge in [0.2, 0.25) is 6.23 Å². The first-order valence-corrected chi connectivity index (χ1v) is 11.1. The molecule has 0 bridgehead atoms. The van der Waals surface area contributed by atoms with Gasteiger partial charge in [0.05, 0.1) is 25.3 Å². The quantitative estimate of drug-likeness (QED) is 0.401. The van der Waals surface area contributed by atoms with Gasteiger partial charge in [0.15, 0.2) is 0 Å². The molecule has 0 radical (unpaired) electrons. The van der Waals surface area contributed by atoms with Gasteiger partial charge in [0.25, 0.3) is 0 Å². The maximum Gasteiger partial charge on any atom is 0.222 e. The number of rotatable bonds is 2. The van der Waals surface area contributed by atoms with Crippen LogP contribution in [0.1, 0.15) is 34.0 Å². The third-order valence-corrected chi connectivity index (χ3v) is 7.47. The van der Waals surface area contributed by atoms with Crippen molar-refractivity contribution in [3.8, 4) is 5.75 Å². The molecule has 2 aliphatic heterocycles. The number of halogens is 2. The number of thiophene rings is 2. The van der Waals surface area contributed by atoms with Crippen molar-refractivity contribution in [2.24, 2.45) is 5.10 Å². The summed E-state index contributed by atoms with van der Waals surface area (Å²) >= 11 is 10.6. The van der Waals surface area contributed by atoms with Crippen LogP contribution in [0.3, 0.4) is 0 Å². The number of hydrogen-bond acceptors (Lipinski definition) is 5. The van der Waals surface area contributed by atoms with E-state index in [1.165, 1.54) is 15.3 Å². The summed E-state index contributed by atoms with van der Waals surface area (Å²) in [5.41, 5.74) is 2.32. The number of hydrogen-bond donors (Lipinski definition) is 0. The molecule has 7 heteroatoms. The van der Waals surface area contributed by atoms with Gasteiger partial charge < -0.3 is 4.74 Å². The third kappa shape index (κ3) is 2.77. The van der Waals surface area contributed by atoms with Crippen LogP contribution in [0.4, 0.5) is 0 Å².